The van der Waals surface area contributed by atoms with Crippen LogP contribution in [0, 0.1) is 0 Å². The number of rotatable bonds is 2. The molecule has 0 atom stereocenters. The van der Waals surface area contributed by atoms with Crippen molar-refractivity contribution in [3.05, 3.63) is 89.4 Å². The van der Waals surface area contributed by atoms with Crippen LogP contribution in [0.4, 0.5) is 23.0 Å². The lowest BCUT2D eigenvalue weighted by Gasteiger charge is -2.17. The Labute approximate surface area is 186 Å². The first-order chi connectivity index (χ1) is 14.9. The first-order valence-electron chi connectivity index (χ1n) is 10.3. The molecule has 0 aliphatic carbocycles. The van der Waals surface area contributed by atoms with Gasteiger partial charge in [-0.15, -0.1) is 0 Å². The van der Waals surface area contributed by atoms with Crippen molar-refractivity contribution in [2.75, 3.05) is 7.05 Å². The van der Waals surface area contributed by atoms with Gasteiger partial charge in [-0.05, 0) is 62.3 Å². The fourth-order valence-corrected chi connectivity index (χ4v) is 4.36. The molecule has 0 saturated carbocycles. The Kier molecular flexibility index (Phi) is 6.49. The summed E-state index contributed by atoms with van der Waals surface area (Å²) in [6.45, 7) is 8.60. The molecular formula is C25H26BF4NO. The van der Waals surface area contributed by atoms with Crippen molar-refractivity contribution < 1.29 is 26.6 Å². The summed E-state index contributed by atoms with van der Waals surface area (Å²) < 4.78 is 46.9. The number of fused-ring (bicyclic) bond motifs is 3. The van der Waals surface area contributed by atoms with Gasteiger partial charge in [-0.25, -0.2) is 0 Å². The summed E-state index contributed by atoms with van der Waals surface area (Å²) in [7, 11) is -3.84. The van der Waals surface area contributed by atoms with Gasteiger partial charge < -0.3 is 22.0 Å². The maximum Gasteiger partial charge on any atom is 0.673 e. The largest absolute Gasteiger partial charge is 0.673 e. The lowest BCUT2D eigenvalue weighted by atomic mass is 9.79. The van der Waals surface area contributed by atoms with E-state index in [1.54, 1.807) is 0 Å². The van der Waals surface area contributed by atoms with Gasteiger partial charge in [-0.1, -0.05) is 36.4 Å². The standard InChI is InChI=1S/C25H26NO.BF4/c1-17-15-19(16-18(2)27-17)9-8-12-23-25(3,4)24-21-11-7-6-10-20(21)13-14-22(24)26(23)5;2-1(3,4)5/h6-16H,1-5H3;/q+1;-1/b12-8+;. The number of hydrogen-bond acceptors (Lipinski definition) is 1. The Morgan fingerprint density at radius 2 is 1.53 bits per heavy atom. The zero-order valence-corrected chi connectivity index (χ0v) is 18.8. The molecule has 2 aliphatic heterocycles. The van der Waals surface area contributed by atoms with Gasteiger partial charge in [0.1, 0.15) is 18.6 Å². The van der Waals surface area contributed by atoms with Crippen LogP contribution in [0.3, 0.4) is 0 Å². The van der Waals surface area contributed by atoms with Crippen molar-refractivity contribution in [2.24, 2.45) is 0 Å². The molecular weight excluding hydrogens is 417 g/mol. The number of allylic oxidation sites excluding steroid dienone is 8. The van der Waals surface area contributed by atoms with Gasteiger partial charge in [0.05, 0.1) is 5.41 Å². The summed E-state index contributed by atoms with van der Waals surface area (Å²) in [6, 6.07) is 13.1. The third-order valence-corrected chi connectivity index (χ3v) is 5.50. The molecule has 0 fully saturated rings. The number of halogens is 4. The number of ether oxygens (including phenoxy) is 1. The molecule has 0 amide bonds. The summed E-state index contributed by atoms with van der Waals surface area (Å²) in [4.78, 5) is 0. The highest BCUT2D eigenvalue weighted by atomic mass is 19.5. The van der Waals surface area contributed by atoms with Gasteiger partial charge in [0.25, 0.3) is 0 Å². The Bertz CT molecular complexity index is 1170. The minimum Gasteiger partial charge on any atom is -0.467 e. The van der Waals surface area contributed by atoms with Crippen LogP contribution in [0.2, 0.25) is 0 Å². The highest BCUT2D eigenvalue weighted by Crippen LogP contribution is 2.43. The highest BCUT2D eigenvalue weighted by Gasteiger charge is 2.43. The van der Waals surface area contributed by atoms with Crippen LogP contribution in [0.5, 0.6) is 0 Å². The maximum atomic E-state index is 9.75. The molecule has 168 valence electrons. The topological polar surface area (TPSA) is 12.2 Å². The summed E-state index contributed by atoms with van der Waals surface area (Å²) in [6.07, 6.45) is 10.7. The van der Waals surface area contributed by atoms with Crippen LogP contribution in [0.25, 0.3) is 10.8 Å². The van der Waals surface area contributed by atoms with Crippen LogP contribution in [-0.4, -0.2) is 24.6 Å². The van der Waals surface area contributed by atoms with E-state index in [4.69, 9.17) is 4.74 Å². The molecule has 0 saturated heterocycles. The van der Waals surface area contributed by atoms with E-state index in [1.165, 1.54) is 27.7 Å². The van der Waals surface area contributed by atoms with E-state index < -0.39 is 7.25 Å². The Balaban J connectivity index is 0.000000523. The zero-order chi connectivity index (χ0) is 23.7. The fraction of sp³-hybridized carbons (Fsp3) is 0.240. The Hall–Kier alpha value is -3.09. The summed E-state index contributed by atoms with van der Waals surface area (Å²) >= 11 is 0. The molecule has 7 heteroatoms. The molecule has 2 aliphatic rings. The summed E-state index contributed by atoms with van der Waals surface area (Å²) in [5.74, 6) is 1.86. The summed E-state index contributed by atoms with van der Waals surface area (Å²) in [5.41, 5.74) is 5.12. The van der Waals surface area contributed by atoms with Gasteiger partial charge in [0.15, 0.2) is 5.71 Å². The van der Waals surface area contributed by atoms with Crippen LogP contribution >= 0.6 is 0 Å². The van der Waals surface area contributed by atoms with Crippen LogP contribution < -0.4 is 0 Å². The van der Waals surface area contributed by atoms with E-state index in [1.807, 2.05) is 13.8 Å². The SMILES string of the molecule is CC1=CC(=C/C=C/C2=[N+](C)c3ccc4ccccc4c3C2(C)C)C=C(C)O1.F[B-](F)(F)F. The molecule has 0 spiro atoms. The molecule has 2 heterocycles. The molecule has 0 N–H and O–H groups in total. The second-order valence-electron chi connectivity index (χ2n) is 8.38. The lowest BCUT2D eigenvalue weighted by Crippen LogP contribution is -2.26. The van der Waals surface area contributed by atoms with E-state index >= 15 is 0 Å². The number of benzene rings is 2. The first kappa shape index (κ1) is 23.6. The van der Waals surface area contributed by atoms with E-state index in [-0.39, 0.29) is 5.41 Å². The second kappa shape index (κ2) is 8.81. The van der Waals surface area contributed by atoms with E-state index in [9.17, 15) is 17.3 Å². The Morgan fingerprint density at radius 3 is 2.16 bits per heavy atom. The van der Waals surface area contributed by atoms with Crippen molar-refractivity contribution in [1.29, 1.82) is 0 Å². The number of nitrogens with zero attached hydrogens (tertiary/aromatic N) is 1. The van der Waals surface area contributed by atoms with Gasteiger partial charge in [-0.3, -0.25) is 0 Å². The predicted octanol–water partition coefficient (Wildman–Crippen LogP) is 7.47. The Morgan fingerprint density at radius 1 is 0.938 bits per heavy atom. The van der Waals surface area contributed by atoms with Crippen LogP contribution in [0.15, 0.2) is 83.9 Å². The van der Waals surface area contributed by atoms with Crippen molar-refractivity contribution in [3.8, 4) is 0 Å². The second-order valence-corrected chi connectivity index (χ2v) is 8.38. The average Bonchev–Trinajstić information content (AvgIpc) is 2.86. The first-order valence-corrected chi connectivity index (χ1v) is 10.3. The lowest BCUT2D eigenvalue weighted by molar-refractivity contribution is -0.401. The van der Waals surface area contributed by atoms with Crippen molar-refractivity contribution in [2.45, 2.75) is 33.1 Å². The van der Waals surface area contributed by atoms with Crippen LogP contribution in [0.1, 0.15) is 33.3 Å². The van der Waals surface area contributed by atoms with Gasteiger partial charge >= 0.3 is 7.25 Å². The number of hydrogen-bond donors (Lipinski definition) is 0. The molecule has 0 aromatic heterocycles. The van der Waals surface area contributed by atoms with E-state index in [0.29, 0.717) is 0 Å². The van der Waals surface area contributed by atoms with Gasteiger partial charge in [0, 0.05) is 17.7 Å². The normalized spacial score (nSPS) is 17.5. The van der Waals surface area contributed by atoms with Crippen molar-refractivity contribution >= 4 is 29.4 Å². The summed E-state index contributed by atoms with van der Waals surface area (Å²) in [5, 5.41) is 2.64. The van der Waals surface area contributed by atoms with Crippen LogP contribution in [-0.2, 0) is 10.2 Å². The smallest absolute Gasteiger partial charge is 0.467 e. The minimum absolute atomic E-state index is 0.0485. The molecule has 4 rings (SSSR count). The monoisotopic (exact) mass is 443 g/mol. The van der Waals surface area contributed by atoms with E-state index in [0.717, 1.165) is 17.1 Å². The molecule has 2 aromatic rings. The molecule has 0 unspecified atom stereocenters. The molecule has 2 nitrogen and oxygen atoms in total. The van der Waals surface area contributed by atoms with Gasteiger partial charge in [-0.2, -0.15) is 4.58 Å². The fourth-order valence-electron chi connectivity index (χ4n) is 4.36. The molecule has 0 bridgehead atoms. The van der Waals surface area contributed by atoms with E-state index in [2.05, 4.69) is 92.2 Å². The minimum atomic E-state index is -6.00. The quantitative estimate of drug-likeness (QED) is 0.267. The highest BCUT2D eigenvalue weighted by molar-refractivity contribution is 6.50. The molecule has 0 radical (unpaired) electrons. The maximum absolute atomic E-state index is 9.75. The van der Waals surface area contributed by atoms with Crippen molar-refractivity contribution in [3.63, 3.8) is 0 Å². The molecule has 32 heavy (non-hydrogen) atoms. The predicted molar refractivity (Wildman–Crippen MR) is 124 cm³/mol. The molecule has 2 aromatic carbocycles. The zero-order valence-electron chi connectivity index (χ0n) is 18.8. The third-order valence-electron chi connectivity index (χ3n) is 5.50. The van der Waals surface area contributed by atoms with Crippen molar-refractivity contribution in [1.82, 2.24) is 0 Å². The van der Waals surface area contributed by atoms with Gasteiger partial charge in [0.2, 0.25) is 5.69 Å². The average molecular weight is 443 g/mol. The third kappa shape index (κ3) is 5.21.